The molecule has 0 unspecified atom stereocenters. The number of nitrogens with zero attached hydrogens (tertiary/aromatic N) is 2. The summed E-state index contributed by atoms with van der Waals surface area (Å²) in [6.07, 6.45) is 2.34. The third kappa shape index (κ3) is 3.26. The van der Waals surface area contributed by atoms with E-state index in [9.17, 15) is 0 Å². The van der Waals surface area contributed by atoms with Crippen molar-refractivity contribution in [2.75, 3.05) is 0 Å². The van der Waals surface area contributed by atoms with Crippen molar-refractivity contribution >= 4 is 8.32 Å². The zero-order valence-electron chi connectivity index (χ0n) is 13.0. The summed E-state index contributed by atoms with van der Waals surface area (Å²) < 4.78 is 11.8. The van der Waals surface area contributed by atoms with E-state index in [0.717, 1.165) is 11.8 Å². The van der Waals surface area contributed by atoms with Gasteiger partial charge in [0.25, 0.3) is 0 Å². The fourth-order valence-electron chi connectivity index (χ4n) is 2.05. The Morgan fingerprint density at radius 3 is 2.42 bits per heavy atom. The summed E-state index contributed by atoms with van der Waals surface area (Å²) in [7, 11) is -1.74. The average molecular weight is 282 g/mol. The van der Waals surface area contributed by atoms with Crippen molar-refractivity contribution in [2.45, 2.75) is 71.2 Å². The van der Waals surface area contributed by atoms with Crippen molar-refractivity contribution in [3.05, 3.63) is 11.8 Å². The Morgan fingerprint density at radius 1 is 1.26 bits per heavy atom. The minimum Gasteiger partial charge on any atom is -0.423 e. The van der Waals surface area contributed by atoms with Crippen molar-refractivity contribution < 1.29 is 8.84 Å². The molecule has 0 spiro atoms. The SMILES string of the molecule is CC1CC(c2nnc(CO[Si](C)(C)C(C)(C)C)o2)C1. The van der Waals surface area contributed by atoms with Gasteiger partial charge in [-0.3, -0.25) is 0 Å². The normalized spacial score (nSPS) is 24.3. The molecule has 1 aliphatic rings. The van der Waals surface area contributed by atoms with E-state index in [4.69, 9.17) is 8.84 Å². The van der Waals surface area contributed by atoms with E-state index in [-0.39, 0.29) is 5.04 Å². The van der Waals surface area contributed by atoms with Gasteiger partial charge in [-0.05, 0) is 36.9 Å². The molecular formula is C14H26N2O2Si. The van der Waals surface area contributed by atoms with Gasteiger partial charge in [0.05, 0.1) is 0 Å². The first-order valence-electron chi connectivity index (χ1n) is 7.15. The van der Waals surface area contributed by atoms with Crippen molar-refractivity contribution in [1.82, 2.24) is 10.2 Å². The zero-order chi connectivity index (χ0) is 14.3. The minimum absolute atomic E-state index is 0.208. The van der Waals surface area contributed by atoms with Crippen LogP contribution in [0, 0.1) is 5.92 Å². The second-order valence-corrected chi connectivity index (χ2v) is 12.2. The molecule has 0 atom stereocenters. The van der Waals surface area contributed by atoms with Crippen molar-refractivity contribution in [3.8, 4) is 0 Å². The van der Waals surface area contributed by atoms with Gasteiger partial charge in [-0.2, -0.15) is 0 Å². The average Bonchev–Trinajstić information content (AvgIpc) is 2.69. The summed E-state index contributed by atoms with van der Waals surface area (Å²) in [5, 5.41) is 8.47. The summed E-state index contributed by atoms with van der Waals surface area (Å²) in [5.41, 5.74) is 0. The second-order valence-electron chi connectivity index (χ2n) is 7.36. The maximum Gasteiger partial charge on any atom is 0.240 e. The van der Waals surface area contributed by atoms with Crippen LogP contribution in [0.1, 0.15) is 58.2 Å². The predicted octanol–water partition coefficient (Wildman–Crippen LogP) is 4.10. The summed E-state index contributed by atoms with van der Waals surface area (Å²) in [6.45, 7) is 13.9. The van der Waals surface area contributed by atoms with Crippen LogP contribution in [0.4, 0.5) is 0 Å². The number of aromatic nitrogens is 2. The standard InChI is InChI=1S/C14H26N2O2Si/c1-10-7-11(8-10)13-16-15-12(18-13)9-17-19(5,6)14(2,3)4/h10-11H,7-9H2,1-6H3. The Balaban J connectivity index is 1.90. The summed E-state index contributed by atoms with van der Waals surface area (Å²) >= 11 is 0. The molecule has 0 radical (unpaired) electrons. The van der Waals surface area contributed by atoms with Crippen LogP contribution in [0.3, 0.4) is 0 Å². The predicted molar refractivity (Wildman–Crippen MR) is 77.4 cm³/mol. The van der Waals surface area contributed by atoms with Crippen LogP contribution in [0.2, 0.25) is 18.1 Å². The van der Waals surface area contributed by atoms with Crippen LogP contribution in [0.15, 0.2) is 4.42 Å². The highest BCUT2D eigenvalue weighted by molar-refractivity contribution is 6.74. The molecule has 0 aliphatic heterocycles. The molecule has 1 heterocycles. The summed E-state index contributed by atoms with van der Waals surface area (Å²) in [4.78, 5) is 0. The van der Waals surface area contributed by atoms with E-state index in [2.05, 4.69) is 51.0 Å². The monoisotopic (exact) mass is 282 g/mol. The van der Waals surface area contributed by atoms with Gasteiger partial charge < -0.3 is 8.84 Å². The highest BCUT2D eigenvalue weighted by Crippen LogP contribution is 2.40. The van der Waals surface area contributed by atoms with Crippen LogP contribution in [0.25, 0.3) is 0 Å². The molecule has 1 aliphatic carbocycles. The third-order valence-electron chi connectivity index (χ3n) is 4.57. The Hall–Kier alpha value is -0.683. The summed E-state index contributed by atoms with van der Waals surface area (Å²) in [5.74, 6) is 2.69. The quantitative estimate of drug-likeness (QED) is 0.780. The van der Waals surface area contributed by atoms with Gasteiger partial charge in [0.2, 0.25) is 11.8 Å². The first kappa shape index (κ1) is 14.7. The molecule has 19 heavy (non-hydrogen) atoms. The fourth-order valence-corrected chi connectivity index (χ4v) is 2.97. The second kappa shape index (κ2) is 5.02. The molecule has 1 saturated carbocycles. The summed E-state index contributed by atoms with van der Waals surface area (Å²) in [6, 6.07) is 0. The molecule has 0 bridgehead atoms. The molecule has 1 fully saturated rings. The zero-order valence-corrected chi connectivity index (χ0v) is 14.0. The lowest BCUT2D eigenvalue weighted by Crippen LogP contribution is -2.40. The largest absolute Gasteiger partial charge is 0.423 e. The molecule has 1 aromatic rings. The first-order chi connectivity index (χ1) is 8.69. The molecule has 2 rings (SSSR count). The van der Waals surface area contributed by atoms with Crippen molar-refractivity contribution in [2.24, 2.45) is 5.92 Å². The molecule has 0 amide bonds. The molecular weight excluding hydrogens is 256 g/mol. The van der Waals surface area contributed by atoms with Crippen molar-refractivity contribution in [3.63, 3.8) is 0 Å². The van der Waals surface area contributed by atoms with E-state index >= 15 is 0 Å². The fraction of sp³-hybridized carbons (Fsp3) is 0.857. The maximum absolute atomic E-state index is 6.09. The highest BCUT2D eigenvalue weighted by Gasteiger charge is 2.37. The Labute approximate surface area is 117 Å². The lowest BCUT2D eigenvalue weighted by molar-refractivity contribution is 0.213. The molecule has 0 saturated heterocycles. The van der Waals surface area contributed by atoms with Gasteiger partial charge >= 0.3 is 0 Å². The molecule has 4 nitrogen and oxygen atoms in total. The molecule has 5 heteroatoms. The molecule has 108 valence electrons. The van der Waals surface area contributed by atoms with E-state index in [0.29, 0.717) is 18.4 Å². The van der Waals surface area contributed by atoms with Crippen LogP contribution in [-0.2, 0) is 11.0 Å². The Bertz CT molecular complexity index is 431. The van der Waals surface area contributed by atoms with Crippen molar-refractivity contribution in [1.29, 1.82) is 0 Å². The lowest BCUT2D eigenvalue weighted by atomic mass is 9.76. The van der Waals surface area contributed by atoms with Gasteiger partial charge in [0.15, 0.2) is 8.32 Å². The molecule has 0 N–H and O–H groups in total. The minimum atomic E-state index is -1.74. The first-order valence-corrected chi connectivity index (χ1v) is 10.1. The number of rotatable bonds is 4. The smallest absolute Gasteiger partial charge is 0.240 e. The van der Waals surface area contributed by atoms with Gasteiger partial charge in [-0.15, -0.1) is 10.2 Å². The Morgan fingerprint density at radius 2 is 1.89 bits per heavy atom. The van der Waals surface area contributed by atoms with Gasteiger partial charge in [0.1, 0.15) is 6.61 Å². The van der Waals surface area contributed by atoms with E-state index in [1.54, 1.807) is 0 Å². The maximum atomic E-state index is 6.09. The van der Waals surface area contributed by atoms with Crippen LogP contribution in [0.5, 0.6) is 0 Å². The molecule has 1 aromatic heterocycles. The molecule has 0 aromatic carbocycles. The van der Waals surface area contributed by atoms with Crippen LogP contribution >= 0.6 is 0 Å². The van der Waals surface area contributed by atoms with Gasteiger partial charge in [0, 0.05) is 5.92 Å². The van der Waals surface area contributed by atoms with E-state index in [1.165, 1.54) is 12.8 Å². The van der Waals surface area contributed by atoms with E-state index < -0.39 is 8.32 Å². The topological polar surface area (TPSA) is 48.2 Å². The lowest BCUT2D eigenvalue weighted by Gasteiger charge is -2.35. The third-order valence-corrected chi connectivity index (χ3v) is 9.05. The van der Waals surface area contributed by atoms with Crippen LogP contribution in [-0.4, -0.2) is 18.5 Å². The van der Waals surface area contributed by atoms with Gasteiger partial charge in [-0.25, -0.2) is 0 Å². The Kier molecular flexibility index (Phi) is 3.89. The number of hydrogen-bond donors (Lipinski definition) is 0. The number of hydrogen-bond acceptors (Lipinski definition) is 4. The van der Waals surface area contributed by atoms with Crippen LogP contribution < -0.4 is 0 Å². The van der Waals surface area contributed by atoms with Gasteiger partial charge in [-0.1, -0.05) is 27.7 Å². The van der Waals surface area contributed by atoms with E-state index in [1.807, 2.05) is 0 Å². The highest BCUT2D eigenvalue weighted by atomic mass is 28.4.